The number of esters is 1. The van der Waals surface area contributed by atoms with Crippen molar-refractivity contribution in [2.24, 2.45) is 0 Å². The highest BCUT2D eigenvalue weighted by molar-refractivity contribution is 6.39. The van der Waals surface area contributed by atoms with Crippen LogP contribution in [-0.4, -0.2) is 38.0 Å². The fourth-order valence-electron chi connectivity index (χ4n) is 3.39. The minimum absolute atomic E-state index is 0.152. The Morgan fingerprint density at radius 2 is 1.82 bits per heavy atom. The number of rotatable bonds is 5. The Hall–Kier alpha value is -4.37. The van der Waals surface area contributed by atoms with E-state index in [1.165, 1.54) is 44.6 Å². The van der Waals surface area contributed by atoms with Gasteiger partial charge in [0.2, 0.25) is 0 Å². The number of hydrogen-bond donors (Lipinski definition) is 1. The number of hydrogen-bond acceptors (Lipinski definition) is 7. The van der Waals surface area contributed by atoms with Gasteiger partial charge in [0.05, 0.1) is 30.5 Å². The van der Waals surface area contributed by atoms with Gasteiger partial charge in [-0.15, -0.1) is 0 Å². The number of amides is 4. The second-order valence-electron chi connectivity index (χ2n) is 7.02. The molecule has 0 spiro atoms. The fraction of sp³-hybridized carbons (Fsp3) is 0.0833. The third-order valence-corrected chi connectivity index (χ3v) is 5.30. The van der Waals surface area contributed by atoms with Crippen LogP contribution in [0.1, 0.15) is 16.1 Å². The average Bonchev–Trinajstić information content (AvgIpc) is 3.30. The van der Waals surface area contributed by atoms with Crippen molar-refractivity contribution in [2.45, 2.75) is 0 Å². The number of halogens is 1. The number of nitrogens with one attached hydrogen (secondary N) is 1. The Morgan fingerprint density at radius 3 is 2.53 bits per heavy atom. The van der Waals surface area contributed by atoms with Gasteiger partial charge in [-0.2, -0.15) is 0 Å². The summed E-state index contributed by atoms with van der Waals surface area (Å²) in [7, 11) is 2.70. The molecule has 172 valence electrons. The highest BCUT2D eigenvalue weighted by atomic mass is 35.5. The zero-order chi connectivity index (χ0) is 24.4. The molecule has 4 amide bonds. The molecule has 4 rings (SSSR count). The lowest BCUT2D eigenvalue weighted by atomic mass is 10.1. The topological polar surface area (TPSA) is 115 Å². The van der Waals surface area contributed by atoms with Crippen LogP contribution in [0.2, 0.25) is 5.02 Å². The molecule has 0 saturated carbocycles. The highest BCUT2D eigenvalue weighted by Crippen LogP contribution is 2.32. The first-order chi connectivity index (χ1) is 16.3. The van der Waals surface area contributed by atoms with E-state index in [0.717, 1.165) is 4.90 Å². The Morgan fingerprint density at radius 1 is 1.06 bits per heavy atom. The molecular formula is C24H17ClN2O7. The highest BCUT2D eigenvalue weighted by Gasteiger charge is 2.37. The van der Waals surface area contributed by atoms with Gasteiger partial charge in [0.1, 0.15) is 22.8 Å². The van der Waals surface area contributed by atoms with Crippen LogP contribution >= 0.6 is 11.6 Å². The third kappa shape index (κ3) is 4.16. The van der Waals surface area contributed by atoms with Crippen molar-refractivity contribution in [3.8, 4) is 17.1 Å². The second-order valence-corrected chi connectivity index (χ2v) is 7.42. The van der Waals surface area contributed by atoms with Crippen molar-refractivity contribution >= 4 is 47.2 Å². The molecular weight excluding hydrogens is 464 g/mol. The summed E-state index contributed by atoms with van der Waals surface area (Å²) in [6, 6.07) is 13.2. The average molecular weight is 481 g/mol. The Bertz CT molecular complexity index is 1360. The number of benzene rings is 2. The lowest BCUT2D eigenvalue weighted by Gasteiger charge is -2.26. The molecule has 0 unspecified atom stereocenters. The van der Waals surface area contributed by atoms with E-state index < -0.39 is 23.8 Å². The van der Waals surface area contributed by atoms with E-state index in [4.69, 9.17) is 25.5 Å². The summed E-state index contributed by atoms with van der Waals surface area (Å²) in [5.74, 6) is -1.43. The largest absolute Gasteiger partial charge is 0.495 e. The standard InChI is InChI=1S/C24H17ClN2O7/c1-32-20-9-7-13(11-18(20)25)27-22(29)17(21(28)26-24(27)31)12-14-8-10-19(34-14)15-5-3-4-6-16(15)23(30)33-2/h3-12H,1-2H3,(H,26,28,31). The smallest absolute Gasteiger partial charge is 0.338 e. The summed E-state index contributed by atoms with van der Waals surface area (Å²) >= 11 is 6.12. The molecule has 10 heteroatoms. The van der Waals surface area contributed by atoms with Crippen LogP contribution < -0.4 is 15.0 Å². The van der Waals surface area contributed by atoms with Crippen LogP contribution in [0, 0.1) is 0 Å². The van der Waals surface area contributed by atoms with Gasteiger partial charge in [-0.3, -0.25) is 14.9 Å². The number of ether oxygens (including phenoxy) is 2. The first-order valence-electron chi connectivity index (χ1n) is 9.86. The lowest BCUT2D eigenvalue weighted by molar-refractivity contribution is -0.122. The van der Waals surface area contributed by atoms with Crippen LogP contribution in [0.25, 0.3) is 17.4 Å². The lowest BCUT2D eigenvalue weighted by Crippen LogP contribution is -2.54. The summed E-state index contributed by atoms with van der Waals surface area (Å²) in [4.78, 5) is 50.7. The van der Waals surface area contributed by atoms with E-state index in [1.807, 2.05) is 0 Å². The van der Waals surface area contributed by atoms with E-state index in [0.29, 0.717) is 17.1 Å². The van der Waals surface area contributed by atoms with E-state index in [1.54, 1.807) is 30.3 Å². The van der Waals surface area contributed by atoms with E-state index >= 15 is 0 Å². The van der Waals surface area contributed by atoms with Crippen molar-refractivity contribution in [3.05, 3.63) is 76.5 Å². The molecule has 1 aliphatic heterocycles. The number of barbiturate groups is 1. The van der Waals surface area contributed by atoms with Gasteiger partial charge in [-0.05, 0) is 42.5 Å². The Balaban J connectivity index is 1.69. The number of carbonyl (C=O) groups is 4. The minimum Gasteiger partial charge on any atom is -0.495 e. The molecule has 1 saturated heterocycles. The van der Waals surface area contributed by atoms with Gasteiger partial charge in [0.25, 0.3) is 11.8 Å². The van der Waals surface area contributed by atoms with Crippen LogP contribution in [0.4, 0.5) is 10.5 Å². The molecule has 1 N–H and O–H groups in total. The quantitative estimate of drug-likeness (QED) is 0.332. The van der Waals surface area contributed by atoms with Crippen molar-refractivity contribution in [1.82, 2.24) is 5.32 Å². The SMILES string of the molecule is COC(=O)c1ccccc1-c1ccc(C=C2C(=O)NC(=O)N(c3ccc(OC)c(Cl)c3)C2=O)o1. The summed E-state index contributed by atoms with van der Waals surface area (Å²) in [6.07, 6.45) is 1.21. The van der Waals surface area contributed by atoms with Gasteiger partial charge in [-0.1, -0.05) is 29.8 Å². The van der Waals surface area contributed by atoms with Crippen LogP contribution in [0.5, 0.6) is 5.75 Å². The number of imide groups is 2. The molecule has 3 aromatic rings. The molecule has 0 bridgehead atoms. The first-order valence-corrected chi connectivity index (χ1v) is 10.2. The number of methoxy groups -OCH3 is 2. The molecule has 0 radical (unpaired) electrons. The number of anilines is 1. The monoisotopic (exact) mass is 480 g/mol. The van der Waals surface area contributed by atoms with Gasteiger partial charge < -0.3 is 13.9 Å². The normalized spacial score (nSPS) is 14.9. The van der Waals surface area contributed by atoms with Crippen molar-refractivity contribution < 1.29 is 33.1 Å². The molecule has 34 heavy (non-hydrogen) atoms. The number of carbonyl (C=O) groups excluding carboxylic acids is 4. The zero-order valence-corrected chi connectivity index (χ0v) is 18.7. The zero-order valence-electron chi connectivity index (χ0n) is 18.0. The summed E-state index contributed by atoms with van der Waals surface area (Å²) in [6.45, 7) is 0. The van der Waals surface area contributed by atoms with E-state index in [9.17, 15) is 19.2 Å². The Labute approximate surface area is 198 Å². The van der Waals surface area contributed by atoms with Crippen LogP contribution in [-0.2, 0) is 14.3 Å². The first kappa shape index (κ1) is 22.8. The van der Waals surface area contributed by atoms with Crippen molar-refractivity contribution in [3.63, 3.8) is 0 Å². The van der Waals surface area contributed by atoms with E-state index in [2.05, 4.69) is 5.32 Å². The summed E-state index contributed by atoms with van der Waals surface area (Å²) in [5.41, 5.74) is 0.592. The Kier molecular flexibility index (Phi) is 6.20. The molecule has 0 atom stereocenters. The van der Waals surface area contributed by atoms with Gasteiger partial charge in [0, 0.05) is 5.56 Å². The van der Waals surface area contributed by atoms with Gasteiger partial charge in [-0.25, -0.2) is 14.5 Å². The second kappa shape index (κ2) is 9.24. The van der Waals surface area contributed by atoms with Crippen LogP contribution in [0.15, 0.2) is 64.6 Å². The summed E-state index contributed by atoms with van der Waals surface area (Å²) < 4.78 is 15.6. The third-order valence-electron chi connectivity index (χ3n) is 5.01. The minimum atomic E-state index is -0.916. The predicted octanol–water partition coefficient (Wildman–Crippen LogP) is 4.06. The maximum Gasteiger partial charge on any atom is 0.338 e. The molecule has 2 heterocycles. The molecule has 1 aromatic heterocycles. The number of nitrogens with zero attached hydrogens (tertiary/aromatic N) is 1. The van der Waals surface area contributed by atoms with Gasteiger partial charge >= 0.3 is 12.0 Å². The van der Waals surface area contributed by atoms with Crippen LogP contribution in [0.3, 0.4) is 0 Å². The predicted molar refractivity (Wildman–Crippen MR) is 122 cm³/mol. The maximum absolute atomic E-state index is 13.1. The molecule has 1 aliphatic rings. The molecule has 0 aliphatic carbocycles. The van der Waals surface area contributed by atoms with Crippen molar-refractivity contribution in [1.29, 1.82) is 0 Å². The molecule has 1 fully saturated rings. The fourth-order valence-corrected chi connectivity index (χ4v) is 3.64. The van der Waals surface area contributed by atoms with E-state index in [-0.39, 0.29) is 27.6 Å². The number of furan rings is 1. The maximum atomic E-state index is 13.1. The van der Waals surface area contributed by atoms with Gasteiger partial charge in [0.15, 0.2) is 0 Å². The molecule has 9 nitrogen and oxygen atoms in total. The number of urea groups is 1. The van der Waals surface area contributed by atoms with Crippen molar-refractivity contribution in [2.75, 3.05) is 19.1 Å². The molecule has 2 aromatic carbocycles. The summed E-state index contributed by atoms with van der Waals surface area (Å²) in [5, 5.41) is 2.31.